The molecule has 18 heavy (non-hydrogen) atoms. The second-order valence-corrected chi connectivity index (χ2v) is 4.17. The Morgan fingerprint density at radius 3 is 2.94 bits per heavy atom. The van der Waals surface area contributed by atoms with E-state index >= 15 is 0 Å². The summed E-state index contributed by atoms with van der Waals surface area (Å²) >= 11 is 0. The van der Waals surface area contributed by atoms with Gasteiger partial charge in [-0.15, -0.1) is 0 Å². The van der Waals surface area contributed by atoms with E-state index in [9.17, 15) is 0 Å². The van der Waals surface area contributed by atoms with Crippen LogP contribution < -0.4 is 16.0 Å². The van der Waals surface area contributed by atoms with E-state index in [2.05, 4.69) is 16.5 Å². The van der Waals surface area contributed by atoms with Gasteiger partial charge in [0.2, 0.25) is 0 Å². The molecule has 0 fully saturated rings. The summed E-state index contributed by atoms with van der Waals surface area (Å²) in [7, 11) is 3.62. The van der Waals surface area contributed by atoms with Gasteiger partial charge in [-0.2, -0.15) is 0 Å². The van der Waals surface area contributed by atoms with Gasteiger partial charge in [-0.1, -0.05) is 12.1 Å². The number of imidazole rings is 1. The van der Waals surface area contributed by atoms with Crippen molar-refractivity contribution in [3.8, 4) is 5.75 Å². The quantitative estimate of drug-likeness (QED) is 0.614. The van der Waals surface area contributed by atoms with Crippen LogP contribution >= 0.6 is 0 Å². The Morgan fingerprint density at radius 2 is 2.33 bits per heavy atom. The molecule has 2 aromatic rings. The van der Waals surface area contributed by atoms with Crippen molar-refractivity contribution in [2.75, 3.05) is 7.11 Å². The summed E-state index contributed by atoms with van der Waals surface area (Å²) in [6.45, 7) is 0. The van der Waals surface area contributed by atoms with Crippen molar-refractivity contribution in [3.05, 3.63) is 48.0 Å². The highest BCUT2D eigenvalue weighted by Crippen LogP contribution is 2.19. The minimum absolute atomic E-state index is 0.0166. The van der Waals surface area contributed by atoms with Crippen molar-refractivity contribution in [1.29, 1.82) is 0 Å². The molecular weight excluding hydrogens is 228 g/mol. The number of nitrogens with one attached hydrogen (secondary N) is 1. The monoisotopic (exact) mass is 246 g/mol. The lowest BCUT2D eigenvalue weighted by molar-refractivity contribution is 0.413. The van der Waals surface area contributed by atoms with Gasteiger partial charge in [-0.3, -0.25) is 5.84 Å². The van der Waals surface area contributed by atoms with Gasteiger partial charge >= 0.3 is 0 Å². The van der Waals surface area contributed by atoms with Gasteiger partial charge in [0, 0.05) is 19.4 Å². The number of nitrogens with zero attached hydrogens (tertiary/aromatic N) is 2. The molecule has 0 aliphatic carbocycles. The van der Waals surface area contributed by atoms with Gasteiger partial charge < -0.3 is 9.30 Å². The third-order valence-electron chi connectivity index (χ3n) is 2.95. The predicted molar refractivity (Wildman–Crippen MR) is 70.0 cm³/mol. The van der Waals surface area contributed by atoms with Crippen molar-refractivity contribution < 1.29 is 4.74 Å². The number of nitrogens with two attached hydrogens (primary N) is 1. The molecule has 0 bridgehead atoms. The molecule has 1 unspecified atom stereocenters. The maximum atomic E-state index is 5.62. The SMILES string of the molecule is COc1cccc(CC(NN)c2nccn2C)c1. The Labute approximate surface area is 107 Å². The first kappa shape index (κ1) is 12.6. The Bertz CT molecular complexity index is 509. The smallest absolute Gasteiger partial charge is 0.127 e. The molecule has 96 valence electrons. The first-order valence-electron chi connectivity index (χ1n) is 5.81. The van der Waals surface area contributed by atoms with E-state index in [1.165, 1.54) is 0 Å². The van der Waals surface area contributed by atoms with Crippen LogP contribution in [0.15, 0.2) is 36.7 Å². The molecule has 0 aliphatic heterocycles. The van der Waals surface area contributed by atoms with E-state index in [0.717, 1.165) is 23.6 Å². The maximum Gasteiger partial charge on any atom is 0.127 e. The predicted octanol–water partition coefficient (Wildman–Crippen LogP) is 1.18. The maximum absolute atomic E-state index is 5.62. The van der Waals surface area contributed by atoms with E-state index in [4.69, 9.17) is 10.6 Å². The number of methoxy groups -OCH3 is 1. The summed E-state index contributed by atoms with van der Waals surface area (Å²) in [6.07, 6.45) is 4.44. The zero-order valence-electron chi connectivity index (χ0n) is 10.6. The Kier molecular flexibility index (Phi) is 3.96. The molecule has 3 N–H and O–H groups in total. The van der Waals surface area contributed by atoms with Crippen molar-refractivity contribution >= 4 is 0 Å². The lowest BCUT2D eigenvalue weighted by Gasteiger charge is -2.16. The van der Waals surface area contributed by atoms with Crippen LogP contribution in [0.3, 0.4) is 0 Å². The molecule has 0 amide bonds. The molecule has 1 aromatic heterocycles. The summed E-state index contributed by atoms with van der Waals surface area (Å²) in [5.74, 6) is 7.38. The number of ether oxygens (including phenoxy) is 1. The molecule has 1 atom stereocenters. The van der Waals surface area contributed by atoms with Gasteiger partial charge in [-0.05, 0) is 24.1 Å². The average molecular weight is 246 g/mol. The molecule has 5 heteroatoms. The zero-order chi connectivity index (χ0) is 13.0. The fourth-order valence-electron chi connectivity index (χ4n) is 1.97. The van der Waals surface area contributed by atoms with E-state index in [1.54, 1.807) is 13.3 Å². The second kappa shape index (κ2) is 5.66. The minimum Gasteiger partial charge on any atom is -0.497 e. The lowest BCUT2D eigenvalue weighted by Crippen LogP contribution is -2.31. The summed E-state index contributed by atoms with van der Waals surface area (Å²) in [5.41, 5.74) is 3.96. The molecule has 0 saturated carbocycles. The summed E-state index contributed by atoms with van der Waals surface area (Å²) < 4.78 is 7.17. The number of hydrogen-bond acceptors (Lipinski definition) is 4. The third kappa shape index (κ3) is 2.69. The summed E-state index contributed by atoms with van der Waals surface area (Å²) in [5, 5.41) is 0. The summed E-state index contributed by atoms with van der Waals surface area (Å²) in [6, 6.07) is 7.94. The molecule has 1 aromatic carbocycles. The van der Waals surface area contributed by atoms with Gasteiger partial charge in [0.1, 0.15) is 11.6 Å². The highest BCUT2D eigenvalue weighted by molar-refractivity contribution is 5.29. The molecule has 2 rings (SSSR count). The number of rotatable bonds is 5. The van der Waals surface area contributed by atoms with Crippen molar-refractivity contribution in [2.24, 2.45) is 12.9 Å². The standard InChI is InChI=1S/C13H18N4O/c1-17-7-6-15-13(17)12(16-14)9-10-4-3-5-11(8-10)18-2/h3-8,12,16H,9,14H2,1-2H3. The molecule has 0 saturated heterocycles. The third-order valence-corrected chi connectivity index (χ3v) is 2.95. The van der Waals surface area contributed by atoms with E-state index in [0.29, 0.717) is 0 Å². The first-order valence-corrected chi connectivity index (χ1v) is 5.81. The fourth-order valence-corrected chi connectivity index (χ4v) is 1.97. The van der Waals surface area contributed by atoms with Crippen molar-refractivity contribution in [1.82, 2.24) is 15.0 Å². The van der Waals surface area contributed by atoms with Crippen LogP contribution in [0, 0.1) is 0 Å². The number of hydrogen-bond donors (Lipinski definition) is 2. The van der Waals surface area contributed by atoms with Crippen LogP contribution in [0.4, 0.5) is 0 Å². The van der Waals surface area contributed by atoms with E-state index < -0.39 is 0 Å². The summed E-state index contributed by atoms with van der Waals surface area (Å²) in [4.78, 5) is 4.31. The number of benzene rings is 1. The number of aryl methyl sites for hydroxylation is 1. The Morgan fingerprint density at radius 1 is 1.50 bits per heavy atom. The molecule has 0 spiro atoms. The fraction of sp³-hybridized carbons (Fsp3) is 0.308. The number of hydrazine groups is 1. The lowest BCUT2D eigenvalue weighted by atomic mass is 10.1. The van der Waals surface area contributed by atoms with Gasteiger partial charge in [-0.25, -0.2) is 10.4 Å². The average Bonchev–Trinajstić information content (AvgIpc) is 2.82. The Hall–Kier alpha value is -1.85. The molecule has 0 aliphatic rings. The molecular formula is C13H18N4O. The van der Waals surface area contributed by atoms with Crippen LogP contribution in [-0.4, -0.2) is 16.7 Å². The normalized spacial score (nSPS) is 12.4. The van der Waals surface area contributed by atoms with Crippen LogP contribution in [-0.2, 0) is 13.5 Å². The van der Waals surface area contributed by atoms with Gasteiger partial charge in [0.05, 0.1) is 13.2 Å². The highest BCUT2D eigenvalue weighted by Gasteiger charge is 2.15. The van der Waals surface area contributed by atoms with Crippen LogP contribution in [0.5, 0.6) is 5.75 Å². The van der Waals surface area contributed by atoms with Crippen LogP contribution in [0.2, 0.25) is 0 Å². The first-order chi connectivity index (χ1) is 8.74. The van der Waals surface area contributed by atoms with E-state index in [1.807, 2.05) is 36.0 Å². The second-order valence-electron chi connectivity index (χ2n) is 4.17. The Balaban J connectivity index is 2.18. The van der Waals surface area contributed by atoms with Gasteiger partial charge in [0.25, 0.3) is 0 Å². The van der Waals surface area contributed by atoms with Crippen LogP contribution in [0.25, 0.3) is 0 Å². The molecule has 0 radical (unpaired) electrons. The van der Waals surface area contributed by atoms with Crippen LogP contribution in [0.1, 0.15) is 17.4 Å². The largest absolute Gasteiger partial charge is 0.497 e. The topological polar surface area (TPSA) is 65.1 Å². The minimum atomic E-state index is -0.0166. The van der Waals surface area contributed by atoms with Gasteiger partial charge in [0.15, 0.2) is 0 Å². The molecule has 5 nitrogen and oxygen atoms in total. The molecule has 1 heterocycles. The zero-order valence-corrected chi connectivity index (χ0v) is 10.6. The van der Waals surface area contributed by atoms with Crippen molar-refractivity contribution in [3.63, 3.8) is 0 Å². The number of aromatic nitrogens is 2. The van der Waals surface area contributed by atoms with Crippen molar-refractivity contribution in [2.45, 2.75) is 12.5 Å². The highest BCUT2D eigenvalue weighted by atomic mass is 16.5. The van der Waals surface area contributed by atoms with E-state index in [-0.39, 0.29) is 6.04 Å².